The number of para-hydroxylation sites is 1. The number of rotatable bonds is 3. The Morgan fingerprint density at radius 3 is 2.65 bits per heavy atom. The van der Waals surface area contributed by atoms with Gasteiger partial charge in [0, 0.05) is 30.9 Å². The minimum absolute atomic E-state index is 0.0265. The average Bonchev–Trinajstić information content (AvgIpc) is 3.28. The summed E-state index contributed by atoms with van der Waals surface area (Å²) in [5, 5.41) is 3.86. The number of nitrogens with zero attached hydrogens (tertiary/aromatic N) is 4. The fourth-order valence-electron chi connectivity index (χ4n) is 3.33. The number of H-pyrrole nitrogens is 1. The molecule has 2 aromatic heterocycles. The van der Waals surface area contributed by atoms with E-state index in [-0.39, 0.29) is 11.8 Å². The maximum absolute atomic E-state index is 13.0. The van der Waals surface area contributed by atoms with Crippen LogP contribution in [0.15, 0.2) is 41.1 Å². The van der Waals surface area contributed by atoms with E-state index in [1.54, 1.807) is 10.8 Å². The van der Waals surface area contributed by atoms with Gasteiger partial charge >= 0.3 is 0 Å². The highest BCUT2D eigenvalue weighted by atomic mass is 32.1. The fraction of sp³-hybridized carbons (Fsp3) is 0.333. The molecule has 1 amide bonds. The van der Waals surface area contributed by atoms with Gasteiger partial charge in [0.05, 0.1) is 0 Å². The minimum atomic E-state index is -0.0265. The van der Waals surface area contributed by atoms with Crippen LogP contribution in [0, 0.1) is 11.7 Å². The standard InChI is InChI=1S/C18H19N5O2S/c1-12-20-16(25-21-12)13-7-9-22(10-8-13)17(24)15-11-19-18(26)23(15)14-5-3-2-4-6-14/h2-6,11,13H,7-10H2,1H3,(H,19,26). The highest BCUT2D eigenvalue weighted by molar-refractivity contribution is 7.71. The number of piperidine rings is 1. The van der Waals surface area contributed by atoms with Crippen molar-refractivity contribution in [3.05, 3.63) is 58.7 Å². The molecular weight excluding hydrogens is 350 g/mol. The first-order valence-corrected chi connectivity index (χ1v) is 8.99. The largest absolute Gasteiger partial charge is 0.339 e. The fourth-order valence-corrected chi connectivity index (χ4v) is 3.59. The lowest BCUT2D eigenvalue weighted by Crippen LogP contribution is -2.38. The van der Waals surface area contributed by atoms with Crippen molar-refractivity contribution in [3.63, 3.8) is 0 Å². The first kappa shape index (κ1) is 16.7. The van der Waals surface area contributed by atoms with Crippen LogP contribution < -0.4 is 0 Å². The van der Waals surface area contributed by atoms with Gasteiger partial charge in [-0.05, 0) is 44.1 Å². The Bertz CT molecular complexity index is 967. The summed E-state index contributed by atoms with van der Waals surface area (Å²) in [4.78, 5) is 22.2. The predicted octanol–water partition coefficient (Wildman–Crippen LogP) is 3.25. The maximum atomic E-state index is 13.0. The van der Waals surface area contributed by atoms with E-state index in [9.17, 15) is 4.79 Å². The quantitative estimate of drug-likeness (QED) is 0.717. The van der Waals surface area contributed by atoms with Crippen molar-refractivity contribution >= 4 is 18.1 Å². The Hall–Kier alpha value is -2.74. The second kappa shape index (κ2) is 6.87. The Morgan fingerprint density at radius 2 is 2.00 bits per heavy atom. The van der Waals surface area contributed by atoms with E-state index in [1.165, 1.54) is 0 Å². The molecule has 0 aliphatic carbocycles. The molecule has 0 bridgehead atoms. The molecule has 1 N–H and O–H groups in total. The summed E-state index contributed by atoms with van der Waals surface area (Å²) in [7, 11) is 0. The SMILES string of the molecule is Cc1noc(C2CCN(C(=O)c3c[nH]c(=S)n3-c3ccccc3)CC2)n1. The van der Waals surface area contributed by atoms with E-state index in [0.29, 0.717) is 35.3 Å². The second-order valence-corrected chi connectivity index (χ2v) is 6.78. The van der Waals surface area contributed by atoms with Gasteiger partial charge < -0.3 is 14.4 Å². The van der Waals surface area contributed by atoms with Gasteiger partial charge in [-0.2, -0.15) is 4.98 Å². The molecule has 3 heterocycles. The van der Waals surface area contributed by atoms with Crippen LogP contribution in [0.4, 0.5) is 0 Å². The summed E-state index contributed by atoms with van der Waals surface area (Å²) >= 11 is 5.37. The molecule has 1 aromatic carbocycles. The number of likely N-dealkylation sites (tertiary alicyclic amines) is 1. The Kier molecular flexibility index (Phi) is 4.42. The lowest BCUT2D eigenvalue weighted by molar-refractivity contribution is 0.0696. The third-order valence-electron chi connectivity index (χ3n) is 4.68. The number of hydrogen-bond acceptors (Lipinski definition) is 5. The molecule has 8 heteroatoms. The number of carbonyl (C=O) groups excluding carboxylic acids is 1. The summed E-state index contributed by atoms with van der Waals surface area (Å²) in [5.74, 6) is 1.50. The van der Waals surface area contributed by atoms with Gasteiger partial charge in [-0.1, -0.05) is 23.4 Å². The van der Waals surface area contributed by atoms with Crippen molar-refractivity contribution in [2.24, 2.45) is 0 Å². The highest BCUT2D eigenvalue weighted by Gasteiger charge is 2.29. The van der Waals surface area contributed by atoms with Gasteiger partial charge in [-0.3, -0.25) is 9.36 Å². The molecule has 1 saturated heterocycles. The molecule has 7 nitrogen and oxygen atoms in total. The summed E-state index contributed by atoms with van der Waals surface area (Å²) < 4.78 is 7.57. The topological polar surface area (TPSA) is 80.0 Å². The molecule has 0 atom stereocenters. The van der Waals surface area contributed by atoms with Crippen molar-refractivity contribution < 1.29 is 9.32 Å². The van der Waals surface area contributed by atoms with E-state index in [2.05, 4.69) is 15.1 Å². The molecule has 4 rings (SSSR count). The van der Waals surface area contributed by atoms with Gasteiger partial charge in [0.1, 0.15) is 5.69 Å². The van der Waals surface area contributed by atoms with Crippen LogP contribution >= 0.6 is 12.2 Å². The second-order valence-electron chi connectivity index (χ2n) is 6.40. The number of carbonyl (C=O) groups is 1. The van der Waals surface area contributed by atoms with Gasteiger partial charge in [-0.25, -0.2) is 0 Å². The van der Waals surface area contributed by atoms with Gasteiger partial charge in [0.2, 0.25) is 5.89 Å². The predicted molar refractivity (Wildman–Crippen MR) is 97.9 cm³/mol. The van der Waals surface area contributed by atoms with Crippen LogP contribution in [0.2, 0.25) is 0 Å². The molecule has 1 aliphatic rings. The molecule has 134 valence electrons. The smallest absolute Gasteiger partial charge is 0.272 e. The number of aromatic nitrogens is 4. The zero-order valence-electron chi connectivity index (χ0n) is 14.4. The normalized spacial score (nSPS) is 15.3. The molecule has 1 aliphatic heterocycles. The number of amides is 1. The lowest BCUT2D eigenvalue weighted by atomic mass is 9.96. The van der Waals surface area contributed by atoms with Gasteiger partial charge in [-0.15, -0.1) is 0 Å². The molecule has 26 heavy (non-hydrogen) atoms. The first-order valence-electron chi connectivity index (χ1n) is 8.59. The molecule has 0 spiro atoms. The third kappa shape index (κ3) is 3.08. The molecule has 3 aromatic rings. The molecule has 0 saturated carbocycles. The van der Waals surface area contributed by atoms with Crippen molar-refractivity contribution in [2.45, 2.75) is 25.7 Å². The Morgan fingerprint density at radius 1 is 1.27 bits per heavy atom. The summed E-state index contributed by atoms with van der Waals surface area (Å²) in [6.07, 6.45) is 3.30. The van der Waals surface area contributed by atoms with Crippen LogP contribution in [0.3, 0.4) is 0 Å². The zero-order chi connectivity index (χ0) is 18.1. The molecular formula is C18H19N5O2S. The molecule has 0 unspecified atom stereocenters. The highest BCUT2D eigenvalue weighted by Crippen LogP contribution is 2.27. The van der Waals surface area contributed by atoms with E-state index < -0.39 is 0 Å². The van der Waals surface area contributed by atoms with E-state index in [1.807, 2.05) is 42.2 Å². The van der Waals surface area contributed by atoms with Crippen molar-refractivity contribution in [3.8, 4) is 5.69 Å². The number of nitrogens with one attached hydrogen (secondary N) is 1. The number of hydrogen-bond donors (Lipinski definition) is 1. The number of benzene rings is 1. The Labute approximate surface area is 155 Å². The summed E-state index contributed by atoms with van der Waals surface area (Å²) in [5.41, 5.74) is 1.42. The van der Waals surface area contributed by atoms with Crippen molar-refractivity contribution in [2.75, 3.05) is 13.1 Å². The van der Waals surface area contributed by atoms with Crippen LogP contribution in [0.1, 0.15) is 41.0 Å². The van der Waals surface area contributed by atoms with E-state index >= 15 is 0 Å². The Balaban J connectivity index is 1.52. The number of aryl methyl sites for hydroxylation is 1. The van der Waals surface area contributed by atoms with Crippen LogP contribution in [0.5, 0.6) is 0 Å². The number of imidazole rings is 1. The molecule has 0 radical (unpaired) electrons. The first-order chi connectivity index (χ1) is 12.6. The molecule has 1 fully saturated rings. The van der Waals surface area contributed by atoms with E-state index in [4.69, 9.17) is 16.7 Å². The van der Waals surface area contributed by atoms with Crippen molar-refractivity contribution in [1.29, 1.82) is 0 Å². The summed E-state index contributed by atoms with van der Waals surface area (Å²) in [6, 6.07) is 9.66. The van der Waals surface area contributed by atoms with Gasteiger partial charge in [0.25, 0.3) is 5.91 Å². The lowest BCUT2D eigenvalue weighted by Gasteiger charge is -2.30. The summed E-state index contributed by atoms with van der Waals surface area (Å²) in [6.45, 7) is 3.11. The van der Waals surface area contributed by atoms with Crippen molar-refractivity contribution in [1.82, 2.24) is 24.6 Å². The van der Waals surface area contributed by atoms with E-state index in [0.717, 1.165) is 18.5 Å². The maximum Gasteiger partial charge on any atom is 0.272 e. The monoisotopic (exact) mass is 369 g/mol. The van der Waals surface area contributed by atoms with Crippen LogP contribution in [0.25, 0.3) is 5.69 Å². The average molecular weight is 369 g/mol. The minimum Gasteiger partial charge on any atom is -0.339 e. The number of aromatic amines is 1. The third-order valence-corrected chi connectivity index (χ3v) is 4.98. The zero-order valence-corrected chi connectivity index (χ0v) is 15.2. The van der Waals surface area contributed by atoms with Crippen LogP contribution in [-0.2, 0) is 0 Å². The van der Waals surface area contributed by atoms with Gasteiger partial charge in [0.15, 0.2) is 10.6 Å². The van der Waals surface area contributed by atoms with Crippen LogP contribution in [-0.4, -0.2) is 43.6 Å².